The molecule has 0 amide bonds. The van der Waals surface area contributed by atoms with Crippen molar-refractivity contribution in [1.82, 2.24) is 10.6 Å². The molecule has 0 radical (unpaired) electrons. The van der Waals surface area contributed by atoms with Gasteiger partial charge in [0.2, 0.25) is 0 Å². The zero-order chi connectivity index (χ0) is 14.2. The number of benzene rings is 1. The summed E-state index contributed by atoms with van der Waals surface area (Å²) in [6.07, 6.45) is 0. The maximum absolute atomic E-state index is 4.60. The lowest BCUT2D eigenvalue weighted by atomic mass is 10.2. The molecule has 2 aromatic rings. The fourth-order valence-electron chi connectivity index (χ4n) is 1.69. The molecule has 0 atom stereocenters. The number of nitrogens with zero attached hydrogens (tertiary/aromatic N) is 1. The molecule has 3 nitrogen and oxygen atoms in total. The predicted molar refractivity (Wildman–Crippen MR) is 90.1 cm³/mol. The summed E-state index contributed by atoms with van der Waals surface area (Å²) in [5, 5.41) is 8.69. The Morgan fingerprint density at radius 2 is 2.00 bits per heavy atom. The van der Waals surface area contributed by atoms with Crippen LogP contribution >= 0.6 is 27.3 Å². The van der Waals surface area contributed by atoms with Crippen molar-refractivity contribution >= 4 is 33.2 Å². The minimum Gasteiger partial charge on any atom is -0.357 e. The fraction of sp³-hybridized carbons (Fsp3) is 0.267. The number of halogens is 1. The van der Waals surface area contributed by atoms with Crippen LogP contribution in [0.2, 0.25) is 0 Å². The van der Waals surface area contributed by atoms with Gasteiger partial charge >= 0.3 is 0 Å². The molecule has 1 heterocycles. The van der Waals surface area contributed by atoms with Gasteiger partial charge in [-0.25, -0.2) is 4.99 Å². The highest BCUT2D eigenvalue weighted by Gasteiger charge is 1.99. The smallest absolute Gasteiger partial charge is 0.191 e. The molecule has 0 spiro atoms. The molecule has 2 rings (SSSR count). The van der Waals surface area contributed by atoms with E-state index in [1.807, 2.05) is 12.1 Å². The summed E-state index contributed by atoms with van der Waals surface area (Å²) in [5.74, 6) is 0.851. The summed E-state index contributed by atoms with van der Waals surface area (Å²) in [5.41, 5.74) is 1.20. The number of nitrogens with one attached hydrogen (secondary N) is 2. The van der Waals surface area contributed by atoms with E-state index in [4.69, 9.17) is 0 Å². The summed E-state index contributed by atoms with van der Waals surface area (Å²) in [6.45, 7) is 4.41. The molecule has 1 aromatic heterocycles. The molecule has 5 heteroatoms. The van der Waals surface area contributed by atoms with Crippen molar-refractivity contribution in [3.8, 4) is 0 Å². The fourth-order valence-corrected chi connectivity index (χ4v) is 2.59. The molecule has 0 saturated heterocycles. The number of hydrogen-bond acceptors (Lipinski definition) is 2. The van der Waals surface area contributed by atoms with Crippen LogP contribution in [-0.4, -0.2) is 12.5 Å². The van der Waals surface area contributed by atoms with Gasteiger partial charge in [-0.3, -0.25) is 0 Å². The second-order valence-corrected chi connectivity index (χ2v) is 6.20. The van der Waals surface area contributed by atoms with E-state index in [1.165, 1.54) is 10.4 Å². The van der Waals surface area contributed by atoms with Crippen molar-refractivity contribution in [2.75, 3.05) is 6.54 Å². The first-order valence-corrected chi connectivity index (χ1v) is 8.24. The average Bonchev–Trinajstić information content (AvgIpc) is 2.97. The van der Waals surface area contributed by atoms with Gasteiger partial charge in [-0.2, -0.15) is 0 Å². The van der Waals surface area contributed by atoms with E-state index in [-0.39, 0.29) is 0 Å². The molecule has 2 N–H and O–H groups in total. The first-order chi connectivity index (χ1) is 9.78. The van der Waals surface area contributed by atoms with Crippen LogP contribution in [0.5, 0.6) is 0 Å². The van der Waals surface area contributed by atoms with Gasteiger partial charge in [0.1, 0.15) is 0 Å². The van der Waals surface area contributed by atoms with E-state index in [9.17, 15) is 0 Å². The zero-order valence-corrected chi connectivity index (χ0v) is 13.8. The van der Waals surface area contributed by atoms with Crippen LogP contribution in [0.25, 0.3) is 0 Å². The monoisotopic (exact) mass is 351 g/mol. The Balaban J connectivity index is 1.92. The minimum atomic E-state index is 0.674. The number of hydrogen-bond donors (Lipinski definition) is 2. The first kappa shape index (κ1) is 15.1. The quantitative estimate of drug-likeness (QED) is 0.635. The van der Waals surface area contributed by atoms with Crippen molar-refractivity contribution < 1.29 is 0 Å². The lowest BCUT2D eigenvalue weighted by molar-refractivity contribution is 0.823. The van der Waals surface area contributed by atoms with Gasteiger partial charge in [0.15, 0.2) is 5.96 Å². The topological polar surface area (TPSA) is 36.4 Å². The largest absolute Gasteiger partial charge is 0.357 e. The van der Waals surface area contributed by atoms with Crippen molar-refractivity contribution in [2.24, 2.45) is 4.99 Å². The Labute approximate surface area is 132 Å². The van der Waals surface area contributed by atoms with Gasteiger partial charge in [-0.15, -0.1) is 11.3 Å². The molecule has 0 aliphatic heterocycles. The Bertz CT molecular complexity index is 535. The number of thiophene rings is 1. The van der Waals surface area contributed by atoms with Crippen LogP contribution in [0.1, 0.15) is 17.4 Å². The van der Waals surface area contributed by atoms with Crippen LogP contribution in [0, 0.1) is 0 Å². The number of aliphatic imine (C=N–C) groups is 1. The SMILES string of the molecule is CCNC(=NCc1ccc(Br)cc1)NCc1cccs1. The summed E-state index contributed by atoms with van der Waals surface area (Å²) < 4.78 is 1.09. The third-order valence-electron chi connectivity index (χ3n) is 2.69. The second kappa shape index (κ2) is 8.07. The Hall–Kier alpha value is -1.33. The molecule has 0 aliphatic rings. The van der Waals surface area contributed by atoms with Crippen LogP contribution in [0.15, 0.2) is 51.2 Å². The molecule has 106 valence electrons. The van der Waals surface area contributed by atoms with Gasteiger partial charge in [-0.1, -0.05) is 34.1 Å². The highest BCUT2D eigenvalue weighted by molar-refractivity contribution is 9.10. The minimum absolute atomic E-state index is 0.674. The molecular weight excluding hydrogens is 334 g/mol. The van der Waals surface area contributed by atoms with Crippen molar-refractivity contribution in [2.45, 2.75) is 20.0 Å². The van der Waals surface area contributed by atoms with Crippen LogP contribution in [-0.2, 0) is 13.1 Å². The second-order valence-electron chi connectivity index (χ2n) is 4.25. The van der Waals surface area contributed by atoms with Crippen LogP contribution in [0.3, 0.4) is 0 Å². The van der Waals surface area contributed by atoms with Crippen LogP contribution < -0.4 is 10.6 Å². The molecule has 0 aliphatic carbocycles. The highest BCUT2D eigenvalue weighted by atomic mass is 79.9. The van der Waals surface area contributed by atoms with Gasteiger partial charge in [-0.05, 0) is 36.1 Å². The zero-order valence-electron chi connectivity index (χ0n) is 11.4. The molecule has 1 aromatic carbocycles. The van der Waals surface area contributed by atoms with E-state index >= 15 is 0 Å². The van der Waals surface area contributed by atoms with Crippen LogP contribution in [0.4, 0.5) is 0 Å². The van der Waals surface area contributed by atoms with Crippen molar-refractivity contribution in [3.63, 3.8) is 0 Å². The summed E-state index contributed by atoms with van der Waals surface area (Å²) in [6, 6.07) is 12.4. The number of rotatable bonds is 5. The van der Waals surface area contributed by atoms with Gasteiger partial charge in [0.25, 0.3) is 0 Å². The Kier molecular flexibility index (Phi) is 6.08. The summed E-state index contributed by atoms with van der Waals surface area (Å²) in [7, 11) is 0. The Morgan fingerprint density at radius 3 is 2.65 bits per heavy atom. The van der Waals surface area contributed by atoms with E-state index < -0.39 is 0 Å². The molecular formula is C15H18BrN3S. The lowest BCUT2D eigenvalue weighted by Crippen LogP contribution is -2.36. The van der Waals surface area contributed by atoms with E-state index in [0.717, 1.165) is 23.5 Å². The van der Waals surface area contributed by atoms with Gasteiger partial charge < -0.3 is 10.6 Å². The predicted octanol–water partition coefficient (Wildman–Crippen LogP) is 3.77. The normalized spacial score (nSPS) is 11.4. The third kappa shape index (κ3) is 4.98. The molecule has 0 unspecified atom stereocenters. The van der Waals surface area contributed by atoms with Crippen molar-refractivity contribution in [1.29, 1.82) is 0 Å². The summed E-state index contributed by atoms with van der Waals surface area (Å²) in [4.78, 5) is 5.90. The summed E-state index contributed by atoms with van der Waals surface area (Å²) >= 11 is 5.19. The van der Waals surface area contributed by atoms with E-state index in [1.54, 1.807) is 11.3 Å². The lowest BCUT2D eigenvalue weighted by Gasteiger charge is -2.10. The highest BCUT2D eigenvalue weighted by Crippen LogP contribution is 2.11. The van der Waals surface area contributed by atoms with Gasteiger partial charge in [0.05, 0.1) is 13.1 Å². The maximum atomic E-state index is 4.60. The third-order valence-corrected chi connectivity index (χ3v) is 4.09. The Morgan fingerprint density at radius 1 is 1.20 bits per heavy atom. The number of guanidine groups is 1. The first-order valence-electron chi connectivity index (χ1n) is 6.57. The van der Waals surface area contributed by atoms with E-state index in [0.29, 0.717) is 6.54 Å². The van der Waals surface area contributed by atoms with Gasteiger partial charge in [0, 0.05) is 15.9 Å². The average molecular weight is 352 g/mol. The van der Waals surface area contributed by atoms with E-state index in [2.05, 4.69) is 68.1 Å². The molecule has 20 heavy (non-hydrogen) atoms. The maximum Gasteiger partial charge on any atom is 0.191 e. The molecule has 0 fully saturated rings. The molecule has 0 bridgehead atoms. The molecule has 0 saturated carbocycles. The van der Waals surface area contributed by atoms with Crippen molar-refractivity contribution in [3.05, 3.63) is 56.7 Å². The standard InChI is InChI=1S/C15H18BrN3S/c1-2-17-15(19-11-14-4-3-9-20-14)18-10-12-5-7-13(16)8-6-12/h3-9H,2,10-11H2,1H3,(H2,17,18,19).